The Balaban J connectivity index is 1.82. The van der Waals surface area contributed by atoms with Crippen molar-refractivity contribution in [2.45, 2.75) is 10.6 Å². The van der Waals surface area contributed by atoms with Crippen molar-refractivity contribution in [2.75, 3.05) is 0 Å². The van der Waals surface area contributed by atoms with Crippen LogP contribution in [0.5, 0.6) is 0 Å². The fourth-order valence-electron chi connectivity index (χ4n) is 2.13. The third-order valence-electron chi connectivity index (χ3n) is 2.91. The molecule has 0 saturated carbocycles. The summed E-state index contributed by atoms with van der Waals surface area (Å²) in [6, 6.07) is 8.79. The van der Waals surface area contributed by atoms with Crippen LogP contribution in [0.2, 0.25) is 0 Å². The second kappa shape index (κ2) is 3.96. The van der Waals surface area contributed by atoms with Crippen LogP contribution in [0.25, 0.3) is 6.08 Å². The molecule has 1 atom stereocenters. The first-order chi connectivity index (χ1) is 7.43. The quantitative estimate of drug-likeness (QED) is 0.677. The van der Waals surface area contributed by atoms with Crippen LogP contribution < -0.4 is 0 Å². The Morgan fingerprint density at radius 3 is 3.00 bits per heavy atom. The van der Waals surface area contributed by atoms with Gasteiger partial charge >= 0.3 is 99.4 Å². The van der Waals surface area contributed by atoms with Gasteiger partial charge in [0.15, 0.2) is 0 Å². The summed E-state index contributed by atoms with van der Waals surface area (Å²) in [7, 11) is 0. The van der Waals surface area contributed by atoms with Crippen LogP contribution >= 0.6 is 0 Å². The van der Waals surface area contributed by atoms with E-state index < -0.39 is 0 Å². The monoisotopic (exact) mass is 228 g/mol. The van der Waals surface area contributed by atoms with Crippen molar-refractivity contribution in [1.29, 1.82) is 0 Å². The first-order valence-electron chi connectivity index (χ1n) is 5.33. The van der Waals surface area contributed by atoms with Gasteiger partial charge in [-0.2, -0.15) is 0 Å². The molecule has 0 nitrogen and oxygen atoms in total. The van der Waals surface area contributed by atoms with Gasteiger partial charge in [-0.25, -0.2) is 0 Å². The molecule has 0 fully saturated rings. The topological polar surface area (TPSA) is 0 Å². The molecule has 0 saturated heterocycles. The van der Waals surface area contributed by atoms with Crippen LogP contribution in [0.4, 0.5) is 0 Å². The Labute approximate surface area is 99.3 Å². The van der Waals surface area contributed by atoms with Gasteiger partial charge in [-0.3, -0.25) is 0 Å². The van der Waals surface area contributed by atoms with Crippen LogP contribution in [0.1, 0.15) is 21.8 Å². The second-order valence-corrected chi connectivity index (χ2v) is 6.36. The number of rotatable bonds is 2. The van der Waals surface area contributed by atoms with E-state index in [0.717, 1.165) is 4.22 Å². The molecule has 1 aromatic carbocycles. The molecule has 0 N–H and O–H groups in total. The van der Waals surface area contributed by atoms with E-state index in [9.17, 15) is 0 Å². The molecule has 0 bridgehead atoms. The molecule has 0 aliphatic heterocycles. The minimum absolute atomic E-state index is 0.00130. The summed E-state index contributed by atoms with van der Waals surface area (Å²) >= 11 is -0.00130. The molecule has 2 aliphatic rings. The van der Waals surface area contributed by atoms with Crippen molar-refractivity contribution in [3.05, 3.63) is 63.6 Å². The molecule has 1 aromatic rings. The molecule has 0 heterocycles. The van der Waals surface area contributed by atoms with Gasteiger partial charge in [-0.1, -0.05) is 0 Å². The first-order valence-corrected chi connectivity index (χ1v) is 7.01. The van der Waals surface area contributed by atoms with E-state index in [-0.39, 0.29) is 19.2 Å². The van der Waals surface area contributed by atoms with Crippen molar-refractivity contribution in [1.82, 2.24) is 0 Å². The summed E-state index contributed by atoms with van der Waals surface area (Å²) in [5.74, 6) is 0. The van der Waals surface area contributed by atoms with Gasteiger partial charge in [0.25, 0.3) is 0 Å². The van der Waals surface area contributed by atoms with E-state index in [1.54, 1.807) is 9.44 Å². The summed E-state index contributed by atoms with van der Waals surface area (Å²) < 4.78 is 2.41. The molecular weight excluding hydrogens is 216 g/mol. The van der Waals surface area contributed by atoms with E-state index in [1.165, 1.54) is 12.0 Å². The van der Waals surface area contributed by atoms with Gasteiger partial charge in [0.1, 0.15) is 0 Å². The maximum atomic E-state index is 2.39. The van der Waals surface area contributed by atoms with Gasteiger partial charge in [0.05, 0.1) is 0 Å². The Kier molecular flexibility index (Phi) is 2.48. The molecule has 3 rings (SSSR count). The van der Waals surface area contributed by atoms with E-state index in [0.29, 0.717) is 0 Å². The first kappa shape index (κ1) is 9.39. The third-order valence-corrected chi connectivity index (χ3v) is 5.34. The Morgan fingerprint density at radius 1 is 1.20 bits per heavy atom. The zero-order valence-corrected chi connectivity index (χ0v) is 10.0. The third kappa shape index (κ3) is 1.80. The molecule has 0 radical (unpaired) electrons. The summed E-state index contributed by atoms with van der Waals surface area (Å²) in [6.45, 7) is 0. The number of allylic oxidation sites excluding steroid dienone is 5. The molecule has 1 heteroatoms. The normalized spacial score (nSPS) is 21.6. The number of benzene rings is 1. The zero-order chi connectivity index (χ0) is 10.1. The molecule has 1 unspecified atom stereocenters. The van der Waals surface area contributed by atoms with Gasteiger partial charge in [0, 0.05) is 0 Å². The van der Waals surface area contributed by atoms with Crippen molar-refractivity contribution in [3.8, 4) is 0 Å². The van der Waals surface area contributed by atoms with Crippen molar-refractivity contribution >= 4 is 6.08 Å². The Morgan fingerprint density at radius 2 is 2.13 bits per heavy atom. The van der Waals surface area contributed by atoms with Crippen molar-refractivity contribution < 1.29 is 19.2 Å². The Bertz CT molecular complexity index is 466. The predicted octanol–water partition coefficient (Wildman–Crippen LogP) is 3.68. The molecule has 15 heavy (non-hydrogen) atoms. The molecular formula is C14H12Ti. The zero-order valence-electron chi connectivity index (χ0n) is 8.48. The van der Waals surface area contributed by atoms with E-state index in [4.69, 9.17) is 0 Å². The van der Waals surface area contributed by atoms with Gasteiger partial charge < -0.3 is 0 Å². The molecule has 2 aliphatic carbocycles. The molecule has 0 amide bonds. The molecule has 72 valence electrons. The van der Waals surface area contributed by atoms with Gasteiger partial charge in [-0.15, -0.1) is 0 Å². The van der Waals surface area contributed by atoms with Crippen LogP contribution in [0.15, 0.2) is 52.4 Å². The Hall–Kier alpha value is -0.846. The minimum atomic E-state index is -0.00130. The molecule has 0 aromatic heterocycles. The predicted molar refractivity (Wildman–Crippen MR) is 60.1 cm³/mol. The van der Waals surface area contributed by atoms with Crippen LogP contribution in [-0.2, 0) is 19.2 Å². The van der Waals surface area contributed by atoms with E-state index >= 15 is 0 Å². The SMILES string of the molecule is C1=CC[C]([Ti][CH]2C=Cc3ccccc32)=C1. The summed E-state index contributed by atoms with van der Waals surface area (Å²) in [4.78, 5) is 0. The van der Waals surface area contributed by atoms with Crippen LogP contribution in [0, 0.1) is 0 Å². The summed E-state index contributed by atoms with van der Waals surface area (Å²) in [5, 5.41) is 0. The number of hydrogen-bond donors (Lipinski definition) is 0. The van der Waals surface area contributed by atoms with Crippen molar-refractivity contribution in [2.24, 2.45) is 0 Å². The van der Waals surface area contributed by atoms with Crippen LogP contribution in [0.3, 0.4) is 0 Å². The fraction of sp³-hybridized carbons (Fsp3) is 0.143. The summed E-state index contributed by atoms with van der Waals surface area (Å²) in [6.07, 6.45) is 12.7. The average molecular weight is 228 g/mol. The van der Waals surface area contributed by atoms with Gasteiger partial charge in [-0.05, 0) is 0 Å². The van der Waals surface area contributed by atoms with Gasteiger partial charge in [0.2, 0.25) is 0 Å². The van der Waals surface area contributed by atoms with E-state index in [2.05, 4.69) is 54.6 Å². The van der Waals surface area contributed by atoms with Crippen LogP contribution in [-0.4, -0.2) is 0 Å². The number of hydrogen-bond acceptors (Lipinski definition) is 0. The maximum absolute atomic E-state index is 2.39. The average Bonchev–Trinajstić information content (AvgIpc) is 2.89. The number of fused-ring (bicyclic) bond motifs is 1. The fourth-order valence-corrected chi connectivity index (χ4v) is 4.38. The second-order valence-electron chi connectivity index (χ2n) is 3.93. The molecule has 0 spiro atoms. The van der Waals surface area contributed by atoms with Crippen molar-refractivity contribution in [3.63, 3.8) is 0 Å². The van der Waals surface area contributed by atoms with E-state index in [1.807, 2.05) is 0 Å². The standard InChI is InChI=1S/C9H7.C5H5.Ti/c1-2-5-9-7-3-6-8(9)4-1;1-2-4-5-3-1;/h1-7H;1-3H,4H2;. The summed E-state index contributed by atoms with van der Waals surface area (Å²) in [5.41, 5.74) is 2.98.